The maximum absolute atomic E-state index is 11.7. The molecule has 0 fully saturated rings. The lowest BCUT2D eigenvalue weighted by Gasteiger charge is -2.19. The van der Waals surface area contributed by atoms with Crippen molar-refractivity contribution in [1.82, 2.24) is 4.98 Å². The van der Waals surface area contributed by atoms with Gasteiger partial charge in [-0.1, -0.05) is 0 Å². The molecule has 0 aromatic carbocycles. The van der Waals surface area contributed by atoms with E-state index in [2.05, 4.69) is 29.0 Å². The highest BCUT2D eigenvalue weighted by Crippen LogP contribution is 2.13. The number of pyridine rings is 1. The minimum Gasteiger partial charge on any atom is -0.383 e. The fraction of sp³-hybridized carbons (Fsp3) is 0.538. The molecule has 0 saturated carbocycles. The predicted molar refractivity (Wildman–Crippen MR) is 90.8 cm³/mol. The van der Waals surface area contributed by atoms with Crippen LogP contribution in [-0.4, -0.2) is 43.7 Å². The number of nitrogens with zero attached hydrogens (tertiary/aromatic N) is 2. The third kappa shape index (κ3) is 6.95. The first kappa shape index (κ1) is 22.2. The highest BCUT2D eigenvalue weighted by molar-refractivity contribution is 5.94. The normalized spacial score (nSPS) is 10.9. The van der Waals surface area contributed by atoms with Crippen molar-refractivity contribution in [3.05, 3.63) is 18.3 Å². The van der Waals surface area contributed by atoms with E-state index in [9.17, 15) is 4.79 Å². The molecule has 0 radical (unpaired) electrons. The Kier molecular flexibility index (Phi) is 12.2. The van der Waals surface area contributed by atoms with E-state index in [-0.39, 0.29) is 37.3 Å². The Bertz CT molecular complexity index is 400. The van der Waals surface area contributed by atoms with Crippen LogP contribution in [0.1, 0.15) is 13.8 Å². The molecule has 0 aliphatic heterocycles. The standard InChI is InChI=1S/C13H22N4O2.2ClH/c1-4-17(5-2)12-7-6-10(8-15-12)16-13(18)11(14)9-19-3;;/h6-8,11H,4-5,9,14H2,1-3H3,(H,16,18);2*1H. The van der Waals surface area contributed by atoms with Crippen molar-refractivity contribution in [1.29, 1.82) is 0 Å². The molecule has 1 aromatic heterocycles. The Morgan fingerprint density at radius 2 is 2.00 bits per heavy atom. The van der Waals surface area contributed by atoms with Crippen molar-refractivity contribution in [2.75, 3.05) is 37.0 Å². The lowest BCUT2D eigenvalue weighted by molar-refractivity contribution is -0.118. The first-order chi connectivity index (χ1) is 9.12. The van der Waals surface area contributed by atoms with Gasteiger partial charge in [0.05, 0.1) is 18.5 Å². The molecule has 1 atom stereocenters. The number of carbonyl (C=O) groups is 1. The van der Waals surface area contributed by atoms with Gasteiger partial charge in [-0.3, -0.25) is 4.79 Å². The monoisotopic (exact) mass is 338 g/mol. The van der Waals surface area contributed by atoms with Crippen molar-refractivity contribution in [2.45, 2.75) is 19.9 Å². The number of amides is 1. The fourth-order valence-electron chi connectivity index (χ4n) is 1.68. The van der Waals surface area contributed by atoms with E-state index in [0.29, 0.717) is 5.69 Å². The Hall–Kier alpha value is -1.08. The molecule has 8 heteroatoms. The van der Waals surface area contributed by atoms with Crippen LogP contribution in [0, 0.1) is 0 Å². The highest BCUT2D eigenvalue weighted by Gasteiger charge is 2.13. The molecule has 21 heavy (non-hydrogen) atoms. The molecule has 1 heterocycles. The molecule has 1 aromatic rings. The van der Waals surface area contributed by atoms with Gasteiger partial charge < -0.3 is 20.7 Å². The number of nitrogens with two attached hydrogens (primary N) is 1. The molecular weight excluding hydrogens is 315 g/mol. The maximum Gasteiger partial charge on any atom is 0.243 e. The molecule has 3 N–H and O–H groups in total. The second kappa shape index (κ2) is 11.6. The summed E-state index contributed by atoms with van der Waals surface area (Å²) in [5.74, 6) is 0.614. The molecular formula is C13H24Cl2N4O2. The van der Waals surface area contributed by atoms with E-state index < -0.39 is 6.04 Å². The molecule has 0 aliphatic carbocycles. The van der Waals surface area contributed by atoms with E-state index in [1.807, 2.05) is 12.1 Å². The number of ether oxygens (including phenoxy) is 1. The lowest BCUT2D eigenvalue weighted by Crippen LogP contribution is -2.39. The quantitative estimate of drug-likeness (QED) is 0.790. The Morgan fingerprint density at radius 1 is 1.38 bits per heavy atom. The number of halogens is 2. The summed E-state index contributed by atoms with van der Waals surface area (Å²) in [6.45, 7) is 6.13. The number of carbonyl (C=O) groups excluding carboxylic acids is 1. The summed E-state index contributed by atoms with van der Waals surface area (Å²) in [7, 11) is 1.51. The van der Waals surface area contributed by atoms with Gasteiger partial charge in [0.15, 0.2) is 0 Å². The second-order valence-electron chi connectivity index (χ2n) is 4.13. The van der Waals surface area contributed by atoms with Gasteiger partial charge in [0.25, 0.3) is 0 Å². The highest BCUT2D eigenvalue weighted by atomic mass is 35.5. The van der Waals surface area contributed by atoms with E-state index in [4.69, 9.17) is 10.5 Å². The topological polar surface area (TPSA) is 80.5 Å². The zero-order chi connectivity index (χ0) is 14.3. The predicted octanol–water partition coefficient (Wildman–Crippen LogP) is 1.68. The average molecular weight is 339 g/mol. The average Bonchev–Trinajstić information content (AvgIpc) is 2.42. The van der Waals surface area contributed by atoms with Crippen molar-refractivity contribution in [2.24, 2.45) is 5.73 Å². The summed E-state index contributed by atoms with van der Waals surface area (Å²) in [4.78, 5) is 18.1. The zero-order valence-corrected chi connectivity index (χ0v) is 14.2. The zero-order valence-electron chi connectivity index (χ0n) is 12.5. The van der Waals surface area contributed by atoms with Gasteiger partial charge in [-0.05, 0) is 26.0 Å². The molecule has 6 nitrogen and oxygen atoms in total. The second-order valence-corrected chi connectivity index (χ2v) is 4.13. The van der Waals surface area contributed by atoms with Crippen LogP contribution in [-0.2, 0) is 9.53 Å². The Morgan fingerprint density at radius 3 is 2.43 bits per heavy atom. The first-order valence-corrected chi connectivity index (χ1v) is 6.38. The van der Waals surface area contributed by atoms with Crippen LogP contribution in [0.5, 0.6) is 0 Å². The van der Waals surface area contributed by atoms with E-state index in [1.165, 1.54) is 7.11 Å². The summed E-state index contributed by atoms with van der Waals surface area (Å²) in [5.41, 5.74) is 6.26. The number of hydrogen-bond donors (Lipinski definition) is 2. The van der Waals surface area contributed by atoms with Crippen molar-refractivity contribution < 1.29 is 9.53 Å². The SMILES string of the molecule is CCN(CC)c1ccc(NC(=O)C(N)COC)cn1.Cl.Cl. The third-order valence-electron chi connectivity index (χ3n) is 2.79. The lowest BCUT2D eigenvalue weighted by atomic mass is 10.3. The minimum absolute atomic E-state index is 0. The minimum atomic E-state index is -0.674. The largest absolute Gasteiger partial charge is 0.383 e. The number of rotatable bonds is 7. The van der Waals surface area contributed by atoms with Gasteiger partial charge in [0.2, 0.25) is 5.91 Å². The van der Waals surface area contributed by atoms with Crippen LogP contribution >= 0.6 is 24.8 Å². The number of anilines is 2. The van der Waals surface area contributed by atoms with Gasteiger partial charge in [-0.15, -0.1) is 24.8 Å². The molecule has 1 amide bonds. The van der Waals surface area contributed by atoms with E-state index in [1.54, 1.807) is 6.20 Å². The van der Waals surface area contributed by atoms with Crippen LogP contribution in [0.4, 0.5) is 11.5 Å². The smallest absolute Gasteiger partial charge is 0.243 e. The summed E-state index contributed by atoms with van der Waals surface area (Å²) >= 11 is 0. The maximum atomic E-state index is 11.7. The summed E-state index contributed by atoms with van der Waals surface area (Å²) in [6.07, 6.45) is 1.63. The summed E-state index contributed by atoms with van der Waals surface area (Å²) in [6, 6.07) is 3.02. The molecule has 0 bridgehead atoms. The third-order valence-corrected chi connectivity index (χ3v) is 2.79. The van der Waals surface area contributed by atoms with E-state index >= 15 is 0 Å². The van der Waals surface area contributed by atoms with Crippen LogP contribution < -0.4 is 16.0 Å². The van der Waals surface area contributed by atoms with Crippen molar-refractivity contribution >= 4 is 42.2 Å². The molecule has 1 unspecified atom stereocenters. The number of aromatic nitrogens is 1. The van der Waals surface area contributed by atoms with Crippen molar-refractivity contribution in [3.63, 3.8) is 0 Å². The summed E-state index contributed by atoms with van der Waals surface area (Å²) < 4.78 is 4.83. The van der Waals surface area contributed by atoms with Crippen molar-refractivity contribution in [3.8, 4) is 0 Å². The summed E-state index contributed by atoms with van der Waals surface area (Å²) in [5, 5.41) is 2.70. The van der Waals surface area contributed by atoms with Gasteiger partial charge in [0.1, 0.15) is 11.9 Å². The first-order valence-electron chi connectivity index (χ1n) is 6.38. The Balaban J connectivity index is 0. The van der Waals surface area contributed by atoms with Crippen LogP contribution in [0.3, 0.4) is 0 Å². The molecule has 0 spiro atoms. The van der Waals surface area contributed by atoms with Gasteiger partial charge in [-0.25, -0.2) is 4.98 Å². The fourth-order valence-corrected chi connectivity index (χ4v) is 1.68. The molecule has 122 valence electrons. The Labute approximate surface area is 138 Å². The van der Waals surface area contributed by atoms with Crippen LogP contribution in [0.2, 0.25) is 0 Å². The van der Waals surface area contributed by atoms with E-state index in [0.717, 1.165) is 18.9 Å². The molecule has 0 saturated heterocycles. The number of methoxy groups -OCH3 is 1. The number of nitrogens with one attached hydrogen (secondary N) is 1. The van der Waals surface area contributed by atoms with Crippen LogP contribution in [0.15, 0.2) is 18.3 Å². The van der Waals surface area contributed by atoms with Gasteiger partial charge in [0, 0.05) is 20.2 Å². The molecule has 0 aliphatic rings. The molecule has 1 rings (SSSR count). The van der Waals surface area contributed by atoms with Gasteiger partial charge >= 0.3 is 0 Å². The van der Waals surface area contributed by atoms with Crippen LogP contribution in [0.25, 0.3) is 0 Å². The number of hydrogen-bond acceptors (Lipinski definition) is 5. The van der Waals surface area contributed by atoms with Gasteiger partial charge in [-0.2, -0.15) is 0 Å².